The molecule has 1 amide bonds. The molecule has 1 N–H and O–H groups in total. The van der Waals surface area contributed by atoms with Crippen LogP contribution in [0.3, 0.4) is 0 Å². The van der Waals surface area contributed by atoms with E-state index in [2.05, 4.69) is 15.2 Å². The summed E-state index contributed by atoms with van der Waals surface area (Å²) < 4.78 is 64.2. The van der Waals surface area contributed by atoms with E-state index >= 15 is 0 Å². The molecule has 35 heavy (non-hydrogen) atoms. The molecule has 0 saturated heterocycles. The Bertz CT molecular complexity index is 1200. The topological polar surface area (TPSA) is 82.5 Å². The monoisotopic (exact) mass is 493 g/mol. The van der Waals surface area contributed by atoms with E-state index in [4.69, 9.17) is 4.74 Å². The Kier molecular flexibility index (Phi) is 8.10. The second kappa shape index (κ2) is 11.0. The van der Waals surface area contributed by atoms with Gasteiger partial charge in [-0.25, -0.2) is 27.0 Å². The molecule has 186 valence electrons. The van der Waals surface area contributed by atoms with Gasteiger partial charge in [-0.2, -0.15) is 5.10 Å². The minimum absolute atomic E-state index is 0.0902. The average Bonchev–Trinajstić information content (AvgIpc) is 3.14. The minimum Gasteiger partial charge on any atom is -0.465 e. The number of methoxy groups -OCH3 is 1. The number of aromatic nitrogens is 2. The minimum atomic E-state index is -3.07. The van der Waals surface area contributed by atoms with Crippen LogP contribution in [0.5, 0.6) is 11.6 Å². The first-order valence-corrected chi connectivity index (χ1v) is 10.5. The smallest absolute Gasteiger partial charge is 0.337 e. The highest BCUT2D eigenvalue weighted by Gasteiger charge is 2.30. The van der Waals surface area contributed by atoms with E-state index < -0.39 is 48.4 Å². The fraction of sp³-hybridized carbons (Fsp3) is 0.292. The largest absolute Gasteiger partial charge is 0.465 e. The molecule has 0 aliphatic rings. The van der Waals surface area contributed by atoms with Crippen molar-refractivity contribution in [2.45, 2.75) is 32.2 Å². The number of benzene rings is 2. The summed E-state index contributed by atoms with van der Waals surface area (Å²) in [6.07, 6.45) is -6.15. The number of halogens is 4. The number of hydrogen-bond acceptors (Lipinski definition) is 5. The first-order chi connectivity index (χ1) is 16.6. The van der Waals surface area contributed by atoms with Gasteiger partial charge < -0.3 is 14.8 Å². The van der Waals surface area contributed by atoms with Gasteiger partial charge in [0.05, 0.1) is 18.7 Å². The zero-order chi connectivity index (χ0) is 25.7. The number of nitrogens with zero attached hydrogens (tertiary/aromatic N) is 2. The number of aryl methyl sites for hydroxylation is 1. The molecule has 1 heterocycles. The van der Waals surface area contributed by atoms with Gasteiger partial charge in [-0.3, -0.25) is 4.79 Å². The number of carbonyl (C=O) groups excluding carboxylic acids is 2. The maximum Gasteiger partial charge on any atom is 0.337 e. The number of alkyl halides is 4. The van der Waals surface area contributed by atoms with Gasteiger partial charge >= 0.3 is 5.97 Å². The number of ether oxygens (including phenoxy) is 2. The highest BCUT2D eigenvalue weighted by atomic mass is 19.3. The number of rotatable bonds is 9. The standard InChI is InChI=1S/C24H23F4N3O4/c1-13(15-7-9-16(10-8-15)24(33)34-3)29-22(32)19-20(21(27)28)30-31(2)23(19)35-17-6-4-5-14(11-17)12-18(25)26/h4-11,13,18,21H,12H2,1-3H3,(H,29,32)/t13-/m0/s1. The maximum atomic E-state index is 13.7. The van der Waals surface area contributed by atoms with E-state index in [1.54, 1.807) is 19.1 Å². The molecule has 1 aromatic heterocycles. The van der Waals surface area contributed by atoms with Crippen molar-refractivity contribution < 1.29 is 36.6 Å². The predicted octanol–water partition coefficient (Wildman–Crippen LogP) is 5.24. The van der Waals surface area contributed by atoms with Crippen LogP contribution < -0.4 is 10.1 Å². The molecule has 0 aliphatic heterocycles. The van der Waals surface area contributed by atoms with Crippen molar-refractivity contribution in [3.63, 3.8) is 0 Å². The lowest BCUT2D eigenvalue weighted by molar-refractivity contribution is 0.0600. The van der Waals surface area contributed by atoms with Crippen molar-refractivity contribution in [1.82, 2.24) is 15.1 Å². The van der Waals surface area contributed by atoms with Crippen molar-refractivity contribution >= 4 is 11.9 Å². The molecule has 0 bridgehead atoms. The van der Waals surface area contributed by atoms with Crippen molar-refractivity contribution in [2.75, 3.05) is 7.11 Å². The van der Waals surface area contributed by atoms with Crippen molar-refractivity contribution in [2.24, 2.45) is 7.05 Å². The van der Waals surface area contributed by atoms with Crippen LogP contribution in [0.4, 0.5) is 17.6 Å². The van der Waals surface area contributed by atoms with Gasteiger partial charge in [0.2, 0.25) is 12.3 Å². The molecule has 0 unspecified atom stereocenters. The average molecular weight is 493 g/mol. The first kappa shape index (κ1) is 25.7. The van der Waals surface area contributed by atoms with Gasteiger partial charge in [0.25, 0.3) is 12.3 Å². The van der Waals surface area contributed by atoms with Crippen LogP contribution in [0.25, 0.3) is 0 Å². The lowest BCUT2D eigenvalue weighted by Gasteiger charge is -2.16. The number of carbonyl (C=O) groups is 2. The van der Waals surface area contributed by atoms with E-state index in [0.717, 1.165) is 4.68 Å². The van der Waals surface area contributed by atoms with E-state index in [1.807, 2.05) is 0 Å². The maximum absolute atomic E-state index is 13.7. The summed E-state index contributed by atoms with van der Waals surface area (Å²) in [5.41, 5.74) is -0.0528. The molecule has 0 saturated carbocycles. The molecule has 0 aliphatic carbocycles. The van der Waals surface area contributed by atoms with Crippen molar-refractivity contribution in [1.29, 1.82) is 0 Å². The molecule has 1 atom stereocenters. The summed E-state index contributed by atoms with van der Waals surface area (Å²) in [5, 5.41) is 6.35. The third-order valence-corrected chi connectivity index (χ3v) is 5.14. The quantitative estimate of drug-likeness (QED) is 0.326. The Labute approximate surface area is 198 Å². The van der Waals surface area contributed by atoms with Crippen molar-refractivity contribution in [3.05, 3.63) is 76.5 Å². The van der Waals surface area contributed by atoms with Gasteiger partial charge in [-0.15, -0.1) is 0 Å². The molecule has 11 heteroatoms. The molecule has 3 aromatic rings. The van der Waals surface area contributed by atoms with Gasteiger partial charge in [0, 0.05) is 13.5 Å². The molecule has 0 spiro atoms. The van der Waals surface area contributed by atoms with Crippen LogP contribution in [0.1, 0.15) is 56.9 Å². The number of amides is 1. The number of esters is 1. The molecular weight excluding hydrogens is 470 g/mol. The molecule has 7 nitrogen and oxygen atoms in total. The van der Waals surface area contributed by atoms with Crippen LogP contribution in [0.15, 0.2) is 48.5 Å². The Hall–Kier alpha value is -3.89. The van der Waals surface area contributed by atoms with Crippen LogP contribution in [-0.2, 0) is 18.2 Å². The Morgan fingerprint density at radius 1 is 1.09 bits per heavy atom. The lowest BCUT2D eigenvalue weighted by atomic mass is 10.1. The summed E-state index contributed by atoms with van der Waals surface area (Å²) >= 11 is 0. The Balaban J connectivity index is 1.88. The fourth-order valence-corrected chi connectivity index (χ4v) is 3.42. The molecule has 2 aromatic carbocycles. The normalized spacial score (nSPS) is 12.0. The number of hydrogen-bond donors (Lipinski definition) is 1. The van der Waals surface area contributed by atoms with Gasteiger partial charge in [-0.05, 0) is 42.3 Å². The zero-order valence-corrected chi connectivity index (χ0v) is 19.1. The molecular formula is C24H23F4N3O4. The van der Waals surface area contributed by atoms with Crippen LogP contribution in [0.2, 0.25) is 0 Å². The van der Waals surface area contributed by atoms with Gasteiger partial charge in [0.1, 0.15) is 17.0 Å². The Morgan fingerprint density at radius 2 is 1.77 bits per heavy atom. The molecule has 0 fully saturated rings. The zero-order valence-electron chi connectivity index (χ0n) is 19.1. The summed E-state index contributed by atoms with van der Waals surface area (Å²) in [7, 11) is 2.58. The lowest BCUT2D eigenvalue weighted by Crippen LogP contribution is -2.27. The first-order valence-electron chi connectivity index (χ1n) is 10.5. The van der Waals surface area contributed by atoms with Crippen LogP contribution >= 0.6 is 0 Å². The third-order valence-electron chi connectivity index (χ3n) is 5.14. The SMILES string of the molecule is COC(=O)c1ccc([C@H](C)NC(=O)c2c(C(F)F)nn(C)c2Oc2cccc(CC(F)F)c2)cc1. The van der Waals surface area contributed by atoms with E-state index in [-0.39, 0.29) is 17.2 Å². The summed E-state index contributed by atoms with van der Waals surface area (Å²) in [6, 6.07) is 11.4. The predicted molar refractivity (Wildman–Crippen MR) is 118 cm³/mol. The Morgan fingerprint density at radius 3 is 2.37 bits per heavy atom. The van der Waals surface area contributed by atoms with Gasteiger partial charge in [0.15, 0.2) is 0 Å². The van der Waals surface area contributed by atoms with Crippen molar-refractivity contribution in [3.8, 4) is 11.6 Å². The molecule has 3 rings (SSSR count). The van der Waals surface area contributed by atoms with E-state index in [9.17, 15) is 27.2 Å². The summed E-state index contributed by atoms with van der Waals surface area (Å²) in [4.78, 5) is 24.7. The number of nitrogens with one attached hydrogen (secondary N) is 1. The second-order valence-electron chi connectivity index (χ2n) is 7.64. The third kappa shape index (κ3) is 6.17. The molecule has 0 radical (unpaired) electrons. The van der Waals surface area contributed by atoms with Crippen LogP contribution in [-0.4, -0.2) is 35.2 Å². The highest BCUT2D eigenvalue weighted by molar-refractivity contribution is 5.98. The summed E-state index contributed by atoms with van der Waals surface area (Å²) in [6.45, 7) is 1.64. The van der Waals surface area contributed by atoms with E-state index in [1.165, 1.54) is 50.6 Å². The van der Waals surface area contributed by atoms with Gasteiger partial charge in [-0.1, -0.05) is 24.3 Å². The van der Waals surface area contributed by atoms with Crippen LogP contribution in [0, 0.1) is 0 Å². The van der Waals surface area contributed by atoms with E-state index in [0.29, 0.717) is 11.1 Å². The fourth-order valence-electron chi connectivity index (χ4n) is 3.42. The highest BCUT2D eigenvalue weighted by Crippen LogP contribution is 2.33. The summed E-state index contributed by atoms with van der Waals surface area (Å²) in [5.74, 6) is -1.56. The second-order valence-corrected chi connectivity index (χ2v) is 7.64.